The highest BCUT2D eigenvalue weighted by Gasteiger charge is 2.26. The molecule has 0 amide bonds. The Morgan fingerprint density at radius 3 is 2.52 bits per heavy atom. The Balaban J connectivity index is 1.76. The van der Waals surface area contributed by atoms with Crippen molar-refractivity contribution < 1.29 is 19.0 Å². The van der Waals surface area contributed by atoms with Crippen LogP contribution in [0, 0.1) is 25.2 Å². The van der Waals surface area contributed by atoms with E-state index in [1.54, 1.807) is 12.1 Å². The molecule has 0 spiro atoms. The van der Waals surface area contributed by atoms with Gasteiger partial charge < -0.3 is 19.9 Å². The number of hydrogen-bond donors (Lipinski definition) is 1. The lowest BCUT2D eigenvalue weighted by Gasteiger charge is -2.24. The SMILES string of the molecule is Cc1cc([C@@H](Oc2ccc3c(c2C#N)OCCC3=O)c2ccc(COCN)cc2)cc(C)n1. The highest BCUT2D eigenvalue weighted by molar-refractivity contribution is 6.00. The second-order valence-electron chi connectivity index (χ2n) is 7.89. The fraction of sp³-hybridized carbons (Fsp3) is 0.269. The molecular weight excluding hydrogens is 418 g/mol. The van der Waals surface area contributed by atoms with Crippen molar-refractivity contribution in [2.75, 3.05) is 13.3 Å². The van der Waals surface area contributed by atoms with Crippen molar-refractivity contribution in [3.63, 3.8) is 0 Å². The van der Waals surface area contributed by atoms with Crippen LogP contribution in [0.4, 0.5) is 0 Å². The molecule has 7 heteroatoms. The third-order valence-electron chi connectivity index (χ3n) is 5.43. The Morgan fingerprint density at radius 2 is 1.85 bits per heavy atom. The fourth-order valence-corrected chi connectivity index (χ4v) is 3.96. The molecule has 168 valence electrons. The summed E-state index contributed by atoms with van der Waals surface area (Å²) in [4.78, 5) is 16.7. The molecule has 0 unspecified atom stereocenters. The van der Waals surface area contributed by atoms with Gasteiger partial charge >= 0.3 is 0 Å². The van der Waals surface area contributed by atoms with Crippen molar-refractivity contribution in [1.82, 2.24) is 4.98 Å². The number of nitrogens with zero attached hydrogens (tertiary/aromatic N) is 2. The number of ether oxygens (including phenoxy) is 3. The van der Waals surface area contributed by atoms with E-state index in [-0.39, 0.29) is 24.7 Å². The zero-order valence-electron chi connectivity index (χ0n) is 18.6. The molecule has 1 atom stereocenters. The Morgan fingerprint density at radius 1 is 1.12 bits per heavy atom. The van der Waals surface area contributed by atoms with Crippen molar-refractivity contribution in [2.24, 2.45) is 5.73 Å². The Labute approximate surface area is 192 Å². The molecule has 0 saturated heterocycles. The van der Waals surface area contributed by atoms with Crippen LogP contribution in [0.15, 0.2) is 48.5 Å². The van der Waals surface area contributed by atoms with Gasteiger partial charge in [-0.15, -0.1) is 0 Å². The van der Waals surface area contributed by atoms with Gasteiger partial charge in [0.05, 0.1) is 25.5 Å². The molecule has 4 rings (SSSR count). The van der Waals surface area contributed by atoms with Gasteiger partial charge in [-0.1, -0.05) is 24.3 Å². The molecule has 7 nitrogen and oxygen atoms in total. The minimum absolute atomic E-state index is 0.0356. The first-order chi connectivity index (χ1) is 16.0. The summed E-state index contributed by atoms with van der Waals surface area (Å²) in [6.45, 7) is 4.69. The molecule has 1 aromatic heterocycles. The number of nitrogens with two attached hydrogens (primary N) is 1. The Hall–Kier alpha value is -3.73. The molecule has 2 aromatic carbocycles. The van der Waals surface area contributed by atoms with E-state index in [1.165, 1.54) is 0 Å². The first-order valence-corrected chi connectivity index (χ1v) is 10.7. The molecule has 0 aliphatic carbocycles. The summed E-state index contributed by atoms with van der Waals surface area (Å²) in [7, 11) is 0. The highest BCUT2D eigenvalue weighted by atomic mass is 16.5. The maximum Gasteiger partial charge on any atom is 0.170 e. The predicted molar refractivity (Wildman–Crippen MR) is 122 cm³/mol. The monoisotopic (exact) mass is 443 g/mol. The largest absolute Gasteiger partial charge is 0.491 e. The van der Waals surface area contributed by atoms with E-state index < -0.39 is 6.10 Å². The van der Waals surface area contributed by atoms with Crippen LogP contribution in [0.5, 0.6) is 11.5 Å². The molecule has 0 fully saturated rings. The zero-order chi connectivity index (χ0) is 23.4. The molecule has 0 saturated carbocycles. The summed E-state index contributed by atoms with van der Waals surface area (Å²) < 4.78 is 17.4. The Kier molecular flexibility index (Phi) is 6.68. The van der Waals surface area contributed by atoms with Crippen LogP contribution < -0.4 is 15.2 Å². The first kappa shape index (κ1) is 22.5. The number of carbonyl (C=O) groups is 1. The molecule has 2 N–H and O–H groups in total. The van der Waals surface area contributed by atoms with Crippen molar-refractivity contribution in [1.29, 1.82) is 5.26 Å². The number of pyridine rings is 1. The van der Waals surface area contributed by atoms with Crippen LogP contribution in [0.1, 0.15) is 56.5 Å². The average molecular weight is 444 g/mol. The van der Waals surface area contributed by atoms with Gasteiger partial charge in [-0.25, -0.2) is 0 Å². The number of carbonyl (C=O) groups excluding carboxylic acids is 1. The fourth-order valence-electron chi connectivity index (χ4n) is 3.96. The van der Waals surface area contributed by atoms with Crippen LogP contribution >= 0.6 is 0 Å². The third kappa shape index (κ3) is 4.87. The van der Waals surface area contributed by atoms with Crippen LogP contribution in [0.2, 0.25) is 0 Å². The van der Waals surface area contributed by atoms with Gasteiger partial charge in [-0.05, 0) is 49.2 Å². The van der Waals surface area contributed by atoms with Gasteiger partial charge in [-0.3, -0.25) is 9.78 Å². The van der Waals surface area contributed by atoms with Crippen LogP contribution in [-0.2, 0) is 11.3 Å². The maximum atomic E-state index is 12.3. The van der Waals surface area contributed by atoms with E-state index in [2.05, 4.69) is 11.1 Å². The van der Waals surface area contributed by atoms with Crippen LogP contribution in [0.25, 0.3) is 0 Å². The van der Waals surface area contributed by atoms with E-state index in [1.807, 2.05) is 50.2 Å². The molecule has 33 heavy (non-hydrogen) atoms. The molecular formula is C26H25N3O4. The van der Waals surface area contributed by atoms with Gasteiger partial charge in [0.25, 0.3) is 0 Å². The summed E-state index contributed by atoms with van der Waals surface area (Å²) in [5.41, 5.74) is 10.6. The van der Waals surface area contributed by atoms with Gasteiger partial charge in [0.2, 0.25) is 0 Å². The first-order valence-electron chi connectivity index (χ1n) is 10.7. The summed E-state index contributed by atoms with van der Waals surface area (Å²) in [6.07, 6.45) is -0.199. The summed E-state index contributed by atoms with van der Waals surface area (Å²) in [6, 6.07) is 17.3. The third-order valence-corrected chi connectivity index (χ3v) is 5.43. The highest BCUT2D eigenvalue weighted by Crippen LogP contribution is 2.38. The quantitative estimate of drug-likeness (QED) is 0.547. The van der Waals surface area contributed by atoms with Gasteiger partial charge in [0.1, 0.15) is 23.5 Å². The van der Waals surface area contributed by atoms with Crippen molar-refractivity contribution in [3.8, 4) is 17.6 Å². The number of ketones is 1. The number of rotatable bonds is 7. The molecule has 1 aliphatic heterocycles. The van der Waals surface area contributed by atoms with E-state index in [4.69, 9.17) is 19.9 Å². The van der Waals surface area contributed by atoms with E-state index in [0.717, 1.165) is 28.1 Å². The molecule has 3 aromatic rings. The molecule has 0 radical (unpaired) electrons. The number of aromatic nitrogens is 1. The van der Waals surface area contributed by atoms with Crippen molar-refractivity contribution in [2.45, 2.75) is 33.0 Å². The van der Waals surface area contributed by atoms with Gasteiger partial charge in [0.15, 0.2) is 11.5 Å². The van der Waals surface area contributed by atoms with E-state index in [0.29, 0.717) is 30.1 Å². The minimum atomic E-state index is -0.501. The number of hydrogen-bond acceptors (Lipinski definition) is 7. The lowest BCUT2D eigenvalue weighted by molar-refractivity contribution is 0.0932. The van der Waals surface area contributed by atoms with E-state index >= 15 is 0 Å². The normalized spacial score (nSPS) is 13.6. The standard InChI is InChI=1S/C26H25N3O4/c1-16-11-20(12-17(2)29-16)25(19-5-3-18(4-6-19)14-31-15-28)33-24-8-7-21-23(30)9-10-32-26(21)22(24)13-27/h3-8,11-12,25H,9-10,14-15,28H2,1-2H3/t25-/m0/s1. The maximum absolute atomic E-state index is 12.3. The number of Topliss-reactive ketones (excluding diaryl/α,β-unsaturated/α-hetero) is 1. The lowest BCUT2D eigenvalue weighted by Crippen LogP contribution is -2.17. The predicted octanol–water partition coefficient (Wildman–Crippen LogP) is 4.14. The van der Waals surface area contributed by atoms with Gasteiger partial charge in [0, 0.05) is 23.4 Å². The molecule has 0 bridgehead atoms. The smallest absolute Gasteiger partial charge is 0.170 e. The number of nitriles is 1. The van der Waals surface area contributed by atoms with E-state index in [9.17, 15) is 10.1 Å². The zero-order valence-corrected chi connectivity index (χ0v) is 18.6. The summed E-state index contributed by atoms with van der Waals surface area (Å²) >= 11 is 0. The average Bonchev–Trinajstić information content (AvgIpc) is 2.81. The second-order valence-corrected chi connectivity index (χ2v) is 7.89. The van der Waals surface area contributed by atoms with Crippen LogP contribution in [0.3, 0.4) is 0 Å². The van der Waals surface area contributed by atoms with Crippen molar-refractivity contribution >= 4 is 5.78 Å². The molecule has 1 aliphatic rings. The molecule has 2 heterocycles. The minimum Gasteiger partial charge on any atom is -0.491 e. The number of benzene rings is 2. The van der Waals surface area contributed by atoms with Crippen molar-refractivity contribution in [3.05, 3.63) is 87.7 Å². The van der Waals surface area contributed by atoms with Gasteiger partial charge in [-0.2, -0.15) is 5.26 Å². The second kappa shape index (κ2) is 9.82. The summed E-state index contributed by atoms with van der Waals surface area (Å²) in [5, 5.41) is 9.87. The Bertz CT molecular complexity index is 1200. The lowest BCUT2D eigenvalue weighted by atomic mass is 9.98. The van der Waals surface area contributed by atoms with Crippen LogP contribution in [-0.4, -0.2) is 24.1 Å². The number of fused-ring (bicyclic) bond motifs is 1. The number of aryl methyl sites for hydroxylation is 2. The topological polar surface area (TPSA) is 107 Å². The summed E-state index contributed by atoms with van der Waals surface area (Å²) in [5.74, 6) is 0.617.